The van der Waals surface area contributed by atoms with Crippen molar-refractivity contribution in [2.24, 2.45) is 9.98 Å². The molecule has 2 aliphatic heterocycles. The van der Waals surface area contributed by atoms with Crippen LogP contribution in [0.1, 0.15) is 46.3 Å². The van der Waals surface area contributed by atoms with E-state index in [0.29, 0.717) is 5.84 Å². The molecule has 0 spiro atoms. The Morgan fingerprint density at radius 1 is 0.580 bits per heavy atom. The van der Waals surface area contributed by atoms with E-state index in [0.717, 1.165) is 68.0 Å². The van der Waals surface area contributed by atoms with Crippen molar-refractivity contribution in [3.05, 3.63) is 191 Å². The summed E-state index contributed by atoms with van der Waals surface area (Å²) in [5, 5.41) is 5.73. The van der Waals surface area contributed by atoms with Crippen LogP contribution in [0, 0.1) is 0 Å². The van der Waals surface area contributed by atoms with Gasteiger partial charge in [-0.2, -0.15) is 0 Å². The molecule has 2 unspecified atom stereocenters. The Morgan fingerprint density at radius 2 is 1.32 bits per heavy atom. The standard InChI is InChI=1S/C45H31N3O2/c1-3-9-30(10-4-1)43-46-44(31-11-5-2-6-12-31)48-45(47-43)34-19-22-36-38-26-33(21-24-41(38)50-42(36)27-34)29-17-15-28(16-18-29)32-20-23-40-37(25-32)35-13-7-8-14-39(35)49-40/h1-24,26-27,37,43H,25H2,(H,46,47,48). The zero-order valence-corrected chi connectivity index (χ0v) is 27.1. The van der Waals surface area contributed by atoms with Crippen molar-refractivity contribution in [1.29, 1.82) is 0 Å². The van der Waals surface area contributed by atoms with Crippen molar-refractivity contribution in [2.45, 2.75) is 18.5 Å². The Morgan fingerprint density at radius 3 is 2.18 bits per heavy atom. The van der Waals surface area contributed by atoms with Gasteiger partial charge in [0.25, 0.3) is 0 Å². The highest BCUT2D eigenvalue weighted by Crippen LogP contribution is 2.47. The van der Waals surface area contributed by atoms with Gasteiger partial charge in [-0.15, -0.1) is 0 Å². The lowest BCUT2D eigenvalue weighted by molar-refractivity contribution is 0.426. The van der Waals surface area contributed by atoms with E-state index >= 15 is 0 Å². The summed E-state index contributed by atoms with van der Waals surface area (Å²) in [5.74, 6) is 3.78. The quantitative estimate of drug-likeness (QED) is 0.203. The number of hydrogen-bond acceptors (Lipinski definition) is 5. The van der Waals surface area contributed by atoms with Gasteiger partial charge in [-0.3, -0.25) is 0 Å². The topological polar surface area (TPSA) is 59.1 Å². The molecule has 1 N–H and O–H groups in total. The highest BCUT2D eigenvalue weighted by Gasteiger charge is 2.32. The zero-order chi connectivity index (χ0) is 33.0. The number of amidine groups is 2. The molecule has 0 saturated carbocycles. The second-order valence-electron chi connectivity index (χ2n) is 13.0. The van der Waals surface area contributed by atoms with Crippen LogP contribution in [0.15, 0.2) is 178 Å². The fourth-order valence-electron chi connectivity index (χ4n) is 7.36. The van der Waals surface area contributed by atoms with Gasteiger partial charge in [0, 0.05) is 33.4 Å². The average molecular weight is 646 g/mol. The Labute approximate surface area is 289 Å². The molecule has 50 heavy (non-hydrogen) atoms. The van der Waals surface area contributed by atoms with Crippen LogP contribution in [-0.2, 0) is 0 Å². The molecule has 6 aromatic carbocycles. The van der Waals surface area contributed by atoms with Crippen molar-refractivity contribution in [3.8, 4) is 16.9 Å². The van der Waals surface area contributed by atoms with Gasteiger partial charge in [0.2, 0.25) is 0 Å². The lowest BCUT2D eigenvalue weighted by Crippen LogP contribution is -2.33. The molecule has 0 amide bonds. The number of para-hydroxylation sites is 1. The first-order valence-electron chi connectivity index (χ1n) is 17.0. The lowest BCUT2D eigenvalue weighted by Gasteiger charge is -2.23. The molecule has 1 aromatic heterocycles. The molecule has 5 heteroatoms. The first-order valence-corrected chi connectivity index (χ1v) is 17.0. The van der Waals surface area contributed by atoms with E-state index in [9.17, 15) is 0 Å². The van der Waals surface area contributed by atoms with E-state index in [1.807, 2.05) is 54.6 Å². The molecule has 10 rings (SSSR count). The van der Waals surface area contributed by atoms with Gasteiger partial charge in [0.05, 0.1) is 0 Å². The summed E-state index contributed by atoms with van der Waals surface area (Å²) in [7, 11) is 0. The highest BCUT2D eigenvalue weighted by molar-refractivity contribution is 6.15. The molecule has 2 atom stereocenters. The molecule has 0 bridgehead atoms. The zero-order valence-electron chi connectivity index (χ0n) is 27.1. The fourth-order valence-corrected chi connectivity index (χ4v) is 7.36. The van der Waals surface area contributed by atoms with Crippen LogP contribution in [-0.4, -0.2) is 11.7 Å². The predicted molar refractivity (Wildman–Crippen MR) is 201 cm³/mol. The second-order valence-corrected chi connectivity index (χ2v) is 13.0. The van der Waals surface area contributed by atoms with E-state index in [1.54, 1.807) is 0 Å². The number of fused-ring (bicyclic) bond motifs is 6. The van der Waals surface area contributed by atoms with Crippen molar-refractivity contribution >= 4 is 39.2 Å². The van der Waals surface area contributed by atoms with Gasteiger partial charge in [0.15, 0.2) is 5.84 Å². The molecule has 0 fully saturated rings. The van der Waals surface area contributed by atoms with Gasteiger partial charge < -0.3 is 14.5 Å². The predicted octanol–water partition coefficient (Wildman–Crippen LogP) is 10.6. The smallest absolute Gasteiger partial charge is 0.159 e. The number of ether oxygens (including phenoxy) is 1. The molecule has 7 aromatic rings. The van der Waals surface area contributed by atoms with Crippen molar-refractivity contribution in [1.82, 2.24) is 5.32 Å². The normalized spacial score (nSPS) is 17.9. The largest absolute Gasteiger partial charge is 0.461 e. The van der Waals surface area contributed by atoms with Crippen LogP contribution in [0.5, 0.6) is 5.75 Å². The molecule has 5 nitrogen and oxygen atoms in total. The van der Waals surface area contributed by atoms with Crippen molar-refractivity contribution in [3.63, 3.8) is 0 Å². The minimum absolute atomic E-state index is 0.254. The number of benzene rings is 6. The van der Waals surface area contributed by atoms with Gasteiger partial charge in [0.1, 0.15) is 34.7 Å². The SMILES string of the molecule is C1=C(c2ccc(-c3ccc4oc5cc(C6=NC(c7ccccc7)=NC(c7ccccc7)N6)ccc5c4c3)cc2)CC2C(=C1)Oc1ccccc12. The third-order valence-electron chi connectivity index (χ3n) is 9.96. The second kappa shape index (κ2) is 11.6. The summed E-state index contributed by atoms with van der Waals surface area (Å²) in [5.41, 5.74) is 10.9. The number of rotatable bonds is 5. The van der Waals surface area contributed by atoms with Gasteiger partial charge >= 0.3 is 0 Å². The van der Waals surface area contributed by atoms with Crippen LogP contribution >= 0.6 is 0 Å². The molecule has 238 valence electrons. The molecule has 3 heterocycles. The van der Waals surface area contributed by atoms with Crippen molar-refractivity contribution in [2.75, 3.05) is 0 Å². The van der Waals surface area contributed by atoms with Gasteiger partial charge in [-0.25, -0.2) is 9.98 Å². The van der Waals surface area contributed by atoms with Crippen LogP contribution in [0.4, 0.5) is 0 Å². The Hall–Kier alpha value is -6.46. The number of hydrogen-bond donors (Lipinski definition) is 1. The summed E-state index contributed by atoms with van der Waals surface area (Å²) in [4.78, 5) is 9.95. The minimum Gasteiger partial charge on any atom is -0.461 e. The molecule has 0 saturated heterocycles. The summed E-state index contributed by atoms with van der Waals surface area (Å²) in [6.07, 6.45) is 5.02. The van der Waals surface area contributed by atoms with Crippen LogP contribution in [0.2, 0.25) is 0 Å². The van der Waals surface area contributed by atoms with E-state index in [-0.39, 0.29) is 12.1 Å². The van der Waals surface area contributed by atoms with E-state index < -0.39 is 0 Å². The molecular weight excluding hydrogens is 615 g/mol. The van der Waals surface area contributed by atoms with E-state index in [4.69, 9.17) is 19.1 Å². The van der Waals surface area contributed by atoms with Crippen LogP contribution in [0.3, 0.4) is 0 Å². The van der Waals surface area contributed by atoms with Crippen LogP contribution in [0.25, 0.3) is 38.6 Å². The number of nitrogens with zero attached hydrogens (tertiary/aromatic N) is 2. The van der Waals surface area contributed by atoms with Crippen molar-refractivity contribution < 1.29 is 9.15 Å². The van der Waals surface area contributed by atoms with E-state index in [2.05, 4.69) is 108 Å². The maximum atomic E-state index is 6.42. The molecule has 0 radical (unpaired) electrons. The minimum atomic E-state index is -0.254. The van der Waals surface area contributed by atoms with E-state index in [1.165, 1.54) is 22.3 Å². The third-order valence-corrected chi connectivity index (χ3v) is 9.96. The average Bonchev–Trinajstić information content (AvgIpc) is 3.75. The number of nitrogens with one attached hydrogen (secondary N) is 1. The van der Waals surface area contributed by atoms with Gasteiger partial charge in [-0.1, -0.05) is 121 Å². The summed E-state index contributed by atoms with van der Waals surface area (Å²) >= 11 is 0. The maximum Gasteiger partial charge on any atom is 0.159 e. The summed E-state index contributed by atoms with van der Waals surface area (Å²) < 4.78 is 12.5. The maximum absolute atomic E-state index is 6.42. The summed E-state index contributed by atoms with van der Waals surface area (Å²) in [6, 6.07) is 50.5. The number of allylic oxidation sites excluding steroid dienone is 4. The molecular formula is C45H31N3O2. The van der Waals surface area contributed by atoms with Crippen LogP contribution < -0.4 is 10.1 Å². The molecule has 3 aliphatic rings. The molecule has 1 aliphatic carbocycles. The highest BCUT2D eigenvalue weighted by atomic mass is 16.5. The summed E-state index contributed by atoms with van der Waals surface area (Å²) in [6.45, 7) is 0. The Balaban J connectivity index is 0.944. The third kappa shape index (κ3) is 4.94. The number of furan rings is 1. The first-order chi connectivity index (χ1) is 24.7. The Kier molecular flexibility index (Phi) is 6.62. The first kappa shape index (κ1) is 28.5. The lowest BCUT2D eigenvalue weighted by atomic mass is 9.85. The Bertz CT molecular complexity index is 2560. The fraction of sp³-hybridized carbons (Fsp3) is 0.0667. The number of aliphatic imine (C=N–C) groups is 2. The monoisotopic (exact) mass is 645 g/mol. The van der Waals surface area contributed by atoms with Gasteiger partial charge in [-0.05, 0) is 70.7 Å².